The molecule has 0 bridgehead atoms. The summed E-state index contributed by atoms with van der Waals surface area (Å²) in [6.07, 6.45) is 2.08. The molecule has 0 heterocycles. The Morgan fingerprint density at radius 2 is 1.84 bits per heavy atom. The average Bonchev–Trinajstić information content (AvgIpc) is 2.43. The maximum atomic E-state index is 8.62. The highest BCUT2D eigenvalue weighted by atomic mass is 16.5. The highest BCUT2D eigenvalue weighted by molar-refractivity contribution is 5.31. The lowest BCUT2D eigenvalue weighted by Crippen LogP contribution is -2.20. The summed E-state index contributed by atoms with van der Waals surface area (Å²) in [6.45, 7) is 9.15. The molecule has 19 heavy (non-hydrogen) atoms. The van der Waals surface area contributed by atoms with Crippen LogP contribution in [-0.4, -0.2) is 31.4 Å². The fraction of sp³-hybridized carbons (Fsp3) is 0.625. The maximum Gasteiger partial charge on any atom is 0.119 e. The van der Waals surface area contributed by atoms with Crippen molar-refractivity contribution in [3.8, 4) is 5.75 Å². The first-order valence-corrected chi connectivity index (χ1v) is 7.15. The molecule has 1 rings (SSSR count). The minimum absolute atomic E-state index is 0.190. The van der Waals surface area contributed by atoms with Gasteiger partial charge in [0.1, 0.15) is 5.75 Å². The molecule has 0 saturated carbocycles. The summed E-state index contributed by atoms with van der Waals surface area (Å²) in [6, 6.07) is 8.41. The smallest absolute Gasteiger partial charge is 0.119 e. The van der Waals surface area contributed by atoms with E-state index in [1.54, 1.807) is 0 Å². The molecular formula is C16H27NO2. The van der Waals surface area contributed by atoms with Gasteiger partial charge in [-0.05, 0) is 42.5 Å². The van der Waals surface area contributed by atoms with Crippen LogP contribution in [0.4, 0.5) is 0 Å². The van der Waals surface area contributed by atoms with Gasteiger partial charge in [0, 0.05) is 6.54 Å². The lowest BCUT2D eigenvalue weighted by Gasteiger charge is -2.23. The van der Waals surface area contributed by atoms with Gasteiger partial charge in [-0.1, -0.05) is 32.9 Å². The molecule has 1 aromatic carbocycles. The van der Waals surface area contributed by atoms with Gasteiger partial charge < -0.3 is 15.2 Å². The van der Waals surface area contributed by atoms with Gasteiger partial charge in [-0.25, -0.2) is 0 Å². The summed E-state index contributed by atoms with van der Waals surface area (Å²) < 4.78 is 5.69. The summed E-state index contributed by atoms with van der Waals surface area (Å²) >= 11 is 0. The van der Waals surface area contributed by atoms with Crippen molar-refractivity contribution in [1.29, 1.82) is 0 Å². The SMILES string of the molecule is CCC(C)(C)c1ccc(OCCCNCCO)cc1. The van der Waals surface area contributed by atoms with Crippen molar-refractivity contribution >= 4 is 0 Å². The Bertz CT molecular complexity index is 346. The molecule has 0 spiro atoms. The third kappa shape index (κ3) is 5.62. The molecule has 3 nitrogen and oxygen atoms in total. The van der Waals surface area contributed by atoms with Crippen molar-refractivity contribution in [2.45, 2.75) is 39.0 Å². The standard InChI is InChI=1S/C16H27NO2/c1-4-16(2,3)14-6-8-15(9-7-14)19-13-5-10-17-11-12-18/h6-9,17-18H,4-5,10-13H2,1-3H3. The van der Waals surface area contributed by atoms with Gasteiger partial charge in [0.2, 0.25) is 0 Å². The van der Waals surface area contributed by atoms with Crippen LogP contribution >= 0.6 is 0 Å². The number of nitrogens with one attached hydrogen (secondary N) is 1. The molecule has 2 N–H and O–H groups in total. The number of hydrogen-bond donors (Lipinski definition) is 2. The van der Waals surface area contributed by atoms with Gasteiger partial charge in [-0.2, -0.15) is 0 Å². The van der Waals surface area contributed by atoms with Crippen LogP contribution in [-0.2, 0) is 5.41 Å². The first kappa shape index (κ1) is 16.0. The zero-order valence-electron chi connectivity index (χ0n) is 12.4. The molecule has 0 unspecified atom stereocenters. The Morgan fingerprint density at radius 3 is 2.42 bits per heavy atom. The fourth-order valence-corrected chi connectivity index (χ4v) is 1.80. The molecule has 108 valence electrons. The van der Waals surface area contributed by atoms with Crippen LogP contribution in [0.3, 0.4) is 0 Å². The van der Waals surface area contributed by atoms with Crippen LogP contribution in [0.15, 0.2) is 24.3 Å². The number of aliphatic hydroxyl groups is 1. The van der Waals surface area contributed by atoms with E-state index in [1.807, 2.05) is 12.1 Å². The molecular weight excluding hydrogens is 238 g/mol. The topological polar surface area (TPSA) is 41.5 Å². The van der Waals surface area contributed by atoms with E-state index < -0.39 is 0 Å². The lowest BCUT2D eigenvalue weighted by atomic mass is 9.82. The van der Waals surface area contributed by atoms with E-state index in [2.05, 4.69) is 38.2 Å². The summed E-state index contributed by atoms with van der Waals surface area (Å²) in [7, 11) is 0. The second kappa shape index (κ2) is 8.18. The Kier molecular flexibility index (Phi) is 6.89. The van der Waals surface area contributed by atoms with Gasteiger partial charge >= 0.3 is 0 Å². The van der Waals surface area contributed by atoms with Crippen LogP contribution in [0.2, 0.25) is 0 Å². The van der Waals surface area contributed by atoms with Crippen molar-refractivity contribution < 1.29 is 9.84 Å². The van der Waals surface area contributed by atoms with Crippen molar-refractivity contribution in [3.05, 3.63) is 29.8 Å². The predicted molar refractivity (Wildman–Crippen MR) is 79.8 cm³/mol. The molecule has 0 atom stereocenters. The summed E-state index contributed by atoms with van der Waals surface area (Å²) in [5.41, 5.74) is 1.58. The quantitative estimate of drug-likeness (QED) is 0.675. The Balaban J connectivity index is 2.32. The van der Waals surface area contributed by atoms with E-state index in [1.165, 1.54) is 5.56 Å². The molecule has 1 aromatic rings. The first-order chi connectivity index (χ1) is 9.10. The third-order valence-corrected chi connectivity index (χ3v) is 3.57. The van der Waals surface area contributed by atoms with Gasteiger partial charge in [0.05, 0.1) is 13.2 Å². The Morgan fingerprint density at radius 1 is 1.16 bits per heavy atom. The molecule has 0 aliphatic rings. The molecule has 0 saturated heterocycles. The second-order valence-corrected chi connectivity index (χ2v) is 5.44. The molecule has 0 aliphatic carbocycles. The van der Waals surface area contributed by atoms with Crippen molar-refractivity contribution in [1.82, 2.24) is 5.32 Å². The minimum atomic E-state index is 0.190. The molecule has 0 amide bonds. The van der Waals surface area contributed by atoms with E-state index in [0.717, 1.165) is 25.1 Å². The summed E-state index contributed by atoms with van der Waals surface area (Å²) in [5.74, 6) is 0.929. The molecule has 0 radical (unpaired) electrons. The predicted octanol–water partition coefficient (Wildman–Crippen LogP) is 2.73. The van der Waals surface area contributed by atoms with Crippen LogP contribution in [0.25, 0.3) is 0 Å². The van der Waals surface area contributed by atoms with Crippen LogP contribution in [0, 0.1) is 0 Å². The molecule has 0 aromatic heterocycles. The van der Waals surface area contributed by atoms with E-state index in [0.29, 0.717) is 13.2 Å². The summed E-state index contributed by atoms with van der Waals surface area (Å²) in [5, 5.41) is 11.7. The monoisotopic (exact) mass is 265 g/mol. The molecule has 0 aliphatic heterocycles. The van der Waals surface area contributed by atoms with Gasteiger partial charge in [-0.3, -0.25) is 0 Å². The summed E-state index contributed by atoms with van der Waals surface area (Å²) in [4.78, 5) is 0. The Labute approximate surface area is 117 Å². The maximum absolute atomic E-state index is 8.62. The highest BCUT2D eigenvalue weighted by Crippen LogP contribution is 2.27. The van der Waals surface area contributed by atoms with E-state index in [4.69, 9.17) is 9.84 Å². The normalized spacial score (nSPS) is 11.6. The van der Waals surface area contributed by atoms with Crippen molar-refractivity contribution in [2.24, 2.45) is 0 Å². The van der Waals surface area contributed by atoms with Gasteiger partial charge in [-0.15, -0.1) is 0 Å². The minimum Gasteiger partial charge on any atom is -0.494 e. The number of ether oxygens (including phenoxy) is 1. The number of rotatable bonds is 9. The molecule has 3 heteroatoms. The Hall–Kier alpha value is -1.06. The largest absolute Gasteiger partial charge is 0.494 e. The highest BCUT2D eigenvalue weighted by Gasteiger charge is 2.17. The number of benzene rings is 1. The van der Waals surface area contributed by atoms with E-state index in [9.17, 15) is 0 Å². The first-order valence-electron chi connectivity index (χ1n) is 7.15. The van der Waals surface area contributed by atoms with E-state index in [-0.39, 0.29) is 12.0 Å². The van der Waals surface area contributed by atoms with Crippen molar-refractivity contribution in [2.75, 3.05) is 26.3 Å². The number of aliphatic hydroxyl groups excluding tert-OH is 1. The zero-order valence-corrected chi connectivity index (χ0v) is 12.4. The lowest BCUT2D eigenvalue weighted by molar-refractivity contribution is 0.282. The zero-order chi connectivity index (χ0) is 14.1. The van der Waals surface area contributed by atoms with Crippen LogP contribution in [0.5, 0.6) is 5.75 Å². The average molecular weight is 265 g/mol. The van der Waals surface area contributed by atoms with Crippen LogP contribution < -0.4 is 10.1 Å². The van der Waals surface area contributed by atoms with Crippen molar-refractivity contribution in [3.63, 3.8) is 0 Å². The second-order valence-electron chi connectivity index (χ2n) is 5.44. The van der Waals surface area contributed by atoms with Gasteiger partial charge in [0.15, 0.2) is 0 Å². The third-order valence-electron chi connectivity index (χ3n) is 3.57. The molecule has 0 fully saturated rings. The number of hydrogen-bond acceptors (Lipinski definition) is 3. The van der Waals surface area contributed by atoms with E-state index >= 15 is 0 Å². The van der Waals surface area contributed by atoms with Crippen LogP contribution in [0.1, 0.15) is 39.2 Å². The fourth-order valence-electron chi connectivity index (χ4n) is 1.80. The van der Waals surface area contributed by atoms with Gasteiger partial charge in [0.25, 0.3) is 0 Å².